The van der Waals surface area contributed by atoms with Gasteiger partial charge in [-0.15, -0.1) is 5.10 Å². The molecule has 0 unspecified atom stereocenters. The minimum Gasteiger partial charge on any atom is -0.494 e. The summed E-state index contributed by atoms with van der Waals surface area (Å²) in [5.41, 5.74) is 9.20. The van der Waals surface area contributed by atoms with Crippen LogP contribution in [0.5, 0.6) is 5.75 Å². The van der Waals surface area contributed by atoms with Gasteiger partial charge in [0.2, 0.25) is 14.9 Å². The van der Waals surface area contributed by atoms with Gasteiger partial charge in [-0.25, -0.2) is 13.1 Å². The van der Waals surface area contributed by atoms with Crippen molar-refractivity contribution in [3.8, 4) is 22.7 Å². The second kappa shape index (κ2) is 8.23. The lowest BCUT2D eigenvalue weighted by Gasteiger charge is -2.10. The normalized spacial score (nSPS) is 11.4. The lowest BCUT2D eigenvalue weighted by molar-refractivity contribution is 0.340. The Balaban J connectivity index is 1.89. The van der Waals surface area contributed by atoms with Crippen molar-refractivity contribution in [2.24, 2.45) is 0 Å². The van der Waals surface area contributed by atoms with Crippen LogP contribution < -0.4 is 10.5 Å². The van der Waals surface area contributed by atoms with Gasteiger partial charge in [0.15, 0.2) is 0 Å². The van der Waals surface area contributed by atoms with Crippen molar-refractivity contribution in [1.82, 2.24) is 15.0 Å². The third-order valence-electron chi connectivity index (χ3n) is 4.80. The Labute approximate surface area is 181 Å². The topological polar surface area (TPSA) is 100 Å². The van der Waals surface area contributed by atoms with E-state index in [1.807, 2.05) is 38.1 Å². The fourth-order valence-electron chi connectivity index (χ4n) is 3.20. The summed E-state index contributed by atoms with van der Waals surface area (Å²) in [6.07, 6.45) is 0. The first-order valence-electron chi connectivity index (χ1n) is 9.77. The molecule has 0 saturated heterocycles. The van der Waals surface area contributed by atoms with Crippen LogP contribution in [0.25, 0.3) is 16.9 Å². The zero-order chi connectivity index (χ0) is 22.0. The molecule has 0 saturated carbocycles. The molecule has 0 aliphatic carbocycles. The fraction of sp³-hybridized carbons (Fsp3) is 0.130. The number of anilines is 1. The molecule has 2 N–H and O–H groups in total. The number of hydrogen-bond acceptors (Lipinski definition) is 6. The molecule has 0 fully saturated rings. The zero-order valence-corrected chi connectivity index (χ0v) is 18.0. The molecule has 0 aliphatic rings. The maximum Gasteiger partial charge on any atom is 0.227 e. The van der Waals surface area contributed by atoms with E-state index in [9.17, 15) is 8.42 Å². The average Bonchev–Trinajstić information content (AvgIpc) is 3.21. The first-order valence-corrected chi connectivity index (χ1v) is 11.2. The van der Waals surface area contributed by atoms with Gasteiger partial charge in [-0.05, 0) is 62.4 Å². The predicted octanol–water partition coefficient (Wildman–Crippen LogP) is 4.06. The Morgan fingerprint density at radius 2 is 1.58 bits per heavy atom. The summed E-state index contributed by atoms with van der Waals surface area (Å²) < 4.78 is 33.9. The van der Waals surface area contributed by atoms with Crippen LogP contribution in [0.3, 0.4) is 0 Å². The van der Waals surface area contributed by atoms with Crippen LogP contribution in [-0.2, 0) is 9.84 Å². The molecule has 8 heteroatoms. The number of rotatable bonds is 6. The molecule has 1 heterocycles. The number of nitrogens with zero attached hydrogens (tertiary/aromatic N) is 3. The standard InChI is InChI=1S/C23H22N4O3S/c1-3-30-20-12-14-21(15-13-20)31(28,29)23-22(17-6-4-16(2)5-7-17)27(26-25-23)19-10-8-18(24)9-11-19/h4-15H,3,24H2,1-2H3. The quantitative estimate of drug-likeness (QED) is 0.460. The Kier molecular flexibility index (Phi) is 5.48. The van der Waals surface area contributed by atoms with Crippen molar-refractivity contribution >= 4 is 15.5 Å². The number of aryl methyl sites for hydroxylation is 1. The van der Waals surface area contributed by atoms with Gasteiger partial charge in [-0.1, -0.05) is 35.0 Å². The van der Waals surface area contributed by atoms with Crippen LogP contribution in [0.2, 0.25) is 0 Å². The van der Waals surface area contributed by atoms with Crippen LogP contribution in [-0.4, -0.2) is 30.0 Å². The highest BCUT2D eigenvalue weighted by Gasteiger charge is 2.29. The summed E-state index contributed by atoms with van der Waals surface area (Å²) in [5, 5.41) is 8.15. The third-order valence-corrected chi connectivity index (χ3v) is 6.48. The molecule has 0 spiro atoms. The Bertz CT molecular complexity index is 1290. The second-order valence-electron chi connectivity index (χ2n) is 7.02. The van der Waals surface area contributed by atoms with Crippen LogP contribution in [0.1, 0.15) is 12.5 Å². The highest BCUT2D eigenvalue weighted by molar-refractivity contribution is 7.91. The third kappa shape index (κ3) is 4.02. The lowest BCUT2D eigenvalue weighted by atomic mass is 10.1. The Hall–Kier alpha value is -3.65. The zero-order valence-electron chi connectivity index (χ0n) is 17.2. The van der Waals surface area contributed by atoms with Crippen molar-refractivity contribution in [2.75, 3.05) is 12.3 Å². The maximum atomic E-state index is 13.5. The molecular weight excluding hydrogens is 412 g/mol. The Morgan fingerprint density at radius 1 is 0.935 bits per heavy atom. The molecule has 7 nitrogen and oxygen atoms in total. The van der Waals surface area contributed by atoms with Gasteiger partial charge in [0, 0.05) is 11.3 Å². The first kappa shape index (κ1) is 20.6. The lowest BCUT2D eigenvalue weighted by Crippen LogP contribution is -2.06. The van der Waals surface area contributed by atoms with E-state index in [2.05, 4.69) is 10.3 Å². The van der Waals surface area contributed by atoms with Crippen molar-refractivity contribution in [3.05, 3.63) is 78.4 Å². The van der Waals surface area contributed by atoms with Gasteiger partial charge in [0.1, 0.15) is 11.4 Å². The van der Waals surface area contributed by atoms with E-state index >= 15 is 0 Å². The van der Waals surface area contributed by atoms with Crippen molar-refractivity contribution < 1.29 is 13.2 Å². The molecule has 1 aromatic heterocycles. The summed E-state index contributed by atoms with van der Waals surface area (Å²) in [6, 6.07) is 20.9. The van der Waals surface area contributed by atoms with Gasteiger partial charge < -0.3 is 10.5 Å². The predicted molar refractivity (Wildman–Crippen MR) is 119 cm³/mol. The monoisotopic (exact) mass is 434 g/mol. The minimum atomic E-state index is -3.93. The van der Waals surface area contributed by atoms with Gasteiger partial charge in [0.05, 0.1) is 17.2 Å². The second-order valence-corrected chi connectivity index (χ2v) is 8.89. The number of hydrogen-bond donors (Lipinski definition) is 1. The van der Waals surface area contributed by atoms with Crippen molar-refractivity contribution in [2.45, 2.75) is 23.8 Å². The van der Waals surface area contributed by atoms with Crippen LogP contribution in [0.15, 0.2) is 82.7 Å². The van der Waals surface area contributed by atoms with Crippen molar-refractivity contribution in [3.63, 3.8) is 0 Å². The summed E-state index contributed by atoms with van der Waals surface area (Å²) in [4.78, 5) is 0.119. The minimum absolute atomic E-state index is 0.114. The summed E-state index contributed by atoms with van der Waals surface area (Å²) >= 11 is 0. The molecule has 0 bridgehead atoms. The van der Waals surface area contributed by atoms with E-state index in [4.69, 9.17) is 10.5 Å². The SMILES string of the molecule is CCOc1ccc(S(=O)(=O)c2nnn(-c3ccc(N)cc3)c2-c2ccc(C)cc2)cc1. The smallest absolute Gasteiger partial charge is 0.227 e. The molecule has 3 aromatic carbocycles. The molecule has 31 heavy (non-hydrogen) atoms. The summed E-state index contributed by atoms with van der Waals surface area (Å²) in [7, 11) is -3.93. The molecule has 0 atom stereocenters. The highest BCUT2D eigenvalue weighted by Crippen LogP contribution is 2.32. The van der Waals surface area contributed by atoms with Crippen LogP contribution >= 0.6 is 0 Å². The molecular formula is C23H22N4O3S. The largest absolute Gasteiger partial charge is 0.494 e. The van der Waals surface area contributed by atoms with E-state index in [1.165, 1.54) is 16.8 Å². The molecule has 4 aromatic rings. The van der Waals surface area contributed by atoms with Gasteiger partial charge in [0.25, 0.3) is 0 Å². The van der Waals surface area contributed by atoms with E-state index in [0.29, 0.717) is 35.0 Å². The number of benzene rings is 3. The molecule has 0 radical (unpaired) electrons. The fourth-order valence-corrected chi connectivity index (χ4v) is 4.52. The van der Waals surface area contributed by atoms with E-state index in [0.717, 1.165) is 5.56 Å². The Morgan fingerprint density at radius 3 is 2.19 bits per heavy atom. The van der Waals surface area contributed by atoms with Gasteiger partial charge in [-0.3, -0.25) is 0 Å². The summed E-state index contributed by atoms with van der Waals surface area (Å²) in [6.45, 7) is 4.34. The summed E-state index contributed by atoms with van der Waals surface area (Å²) in [5.74, 6) is 0.603. The molecule has 158 valence electrons. The van der Waals surface area contributed by atoms with Gasteiger partial charge >= 0.3 is 0 Å². The molecule has 0 amide bonds. The highest BCUT2D eigenvalue weighted by atomic mass is 32.2. The number of sulfone groups is 1. The number of nitrogen functional groups attached to an aromatic ring is 1. The average molecular weight is 435 g/mol. The van der Waals surface area contributed by atoms with E-state index in [1.54, 1.807) is 36.4 Å². The van der Waals surface area contributed by atoms with Gasteiger partial charge in [-0.2, -0.15) is 0 Å². The van der Waals surface area contributed by atoms with E-state index < -0.39 is 9.84 Å². The van der Waals surface area contributed by atoms with Crippen LogP contribution in [0, 0.1) is 6.92 Å². The number of aromatic nitrogens is 3. The molecule has 0 aliphatic heterocycles. The van der Waals surface area contributed by atoms with E-state index in [-0.39, 0.29) is 9.92 Å². The molecule has 4 rings (SSSR count). The first-order chi connectivity index (χ1) is 14.9. The maximum absolute atomic E-state index is 13.5. The van der Waals surface area contributed by atoms with Crippen LogP contribution in [0.4, 0.5) is 5.69 Å². The van der Waals surface area contributed by atoms with Crippen molar-refractivity contribution in [1.29, 1.82) is 0 Å². The number of nitrogens with two attached hydrogens (primary N) is 1. The number of ether oxygens (including phenoxy) is 1.